The Bertz CT molecular complexity index is 1340. The van der Waals surface area contributed by atoms with Gasteiger partial charge in [-0.3, -0.25) is 14.5 Å². The highest BCUT2D eigenvalue weighted by Gasteiger charge is 2.47. The second-order valence-corrected chi connectivity index (χ2v) is 8.27. The molecule has 1 unspecified atom stereocenters. The van der Waals surface area contributed by atoms with Crippen molar-refractivity contribution in [3.05, 3.63) is 101 Å². The molecule has 4 rings (SSSR count). The van der Waals surface area contributed by atoms with Crippen molar-refractivity contribution in [3.8, 4) is 5.75 Å². The Morgan fingerprint density at radius 1 is 0.944 bits per heavy atom. The number of Topliss-reactive ketones (excluding diaryl/α,β-unsaturated/α-hetero) is 1. The Balaban J connectivity index is 1.91. The molecule has 36 heavy (non-hydrogen) atoms. The van der Waals surface area contributed by atoms with Crippen LogP contribution in [-0.4, -0.2) is 36.5 Å². The summed E-state index contributed by atoms with van der Waals surface area (Å²) in [5, 5.41) is 11.3. The Morgan fingerprint density at radius 2 is 1.67 bits per heavy atom. The van der Waals surface area contributed by atoms with Crippen LogP contribution in [0.2, 0.25) is 0 Å². The van der Waals surface area contributed by atoms with E-state index >= 15 is 0 Å². The summed E-state index contributed by atoms with van der Waals surface area (Å²) in [7, 11) is 1.52. The van der Waals surface area contributed by atoms with E-state index in [1.165, 1.54) is 18.1 Å². The second kappa shape index (κ2) is 10.5. The lowest BCUT2D eigenvalue weighted by Gasteiger charge is -2.26. The number of rotatable bonds is 7. The van der Waals surface area contributed by atoms with E-state index in [1.54, 1.807) is 61.5 Å². The van der Waals surface area contributed by atoms with Crippen LogP contribution in [0.4, 0.5) is 5.69 Å². The number of aliphatic hydroxyl groups is 1. The first kappa shape index (κ1) is 24.7. The summed E-state index contributed by atoms with van der Waals surface area (Å²) in [5.41, 5.74) is 2.61. The zero-order valence-electron chi connectivity index (χ0n) is 20.4. The first-order chi connectivity index (χ1) is 17.4. The van der Waals surface area contributed by atoms with Gasteiger partial charge < -0.3 is 14.6 Å². The van der Waals surface area contributed by atoms with E-state index in [4.69, 9.17) is 9.47 Å². The van der Waals surface area contributed by atoms with Gasteiger partial charge in [0.1, 0.15) is 11.5 Å². The monoisotopic (exact) mass is 485 g/mol. The van der Waals surface area contributed by atoms with Crippen molar-refractivity contribution in [1.82, 2.24) is 0 Å². The smallest absolute Gasteiger partial charge is 0.338 e. The number of methoxy groups -OCH3 is 1. The van der Waals surface area contributed by atoms with Gasteiger partial charge in [-0.25, -0.2) is 4.79 Å². The Morgan fingerprint density at radius 3 is 2.33 bits per heavy atom. The predicted octanol–water partition coefficient (Wildman–Crippen LogP) is 5.06. The molecular weight excluding hydrogens is 458 g/mol. The number of nitrogens with zero attached hydrogens (tertiary/aromatic N) is 1. The number of hydrogen-bond acceptors (Lipinski definition) is 6. The number of esters is 1. The standard InChI is InChI=1S/C29H27NO6/c1-4-18-12-14-19(15-13-18)26(31)24-25(20-8-7-11-23(17-20)35-3)30(28(33)27(24)32)22-10-6-9-21(16-22)29(34)36-5-2/h6-17,25,31H,4-5H2,1-3H3/b26-24+. The van der Waals surface area contributed by atoms with Crippen molar-refractivity contribution in [2.45, 2.75) is 26.3 Å². The largest absolute Gasteiger partial charge is 0.507 e. The van der Waals surface area contributed by atoms with Gasteiger partial charge in [0.25, 0.3) is 11.7 Å². The summed E-state index contributed by atoms with van der Waals surface area (Å²) in [6.07, 6.45) is 0.825. The van der Waals surface area contributed by atoms with Crippen molar-refractivity contribution in [3.63, 3.8) is 0 Å². The number of ether oxygens (including phenoxy) is 2. The third-order valence-corrected chi connectivity index (χ3v) is 6.13. The SMILES string of the molecule is CCOC(=O)c1cccc(N2C(=O)C(=O)/C(=C(/O)c3ccc(CC)cc3)C2c2cccc(OC)c2)c1. The number of ketones is 1. The molecule has 1 aliphatic rings. The zero-order chi connectivity index (χ0) is 25.8. The molecule has 0 bridgehead atoms. The molecule has 7 heteroatoms. The molecule has 0 saturated carbocycles. The number of carbonyl (C=O) groups is 3. The van der Waals surface area contributed by atoms with E-state index in [2.05, 4.69) is 0 Å². The summed E-state index contributed by atoms with van der Waals surface area (Å²) in [4.78, 5) is 40.4. The molecule has 1 heterocycles. The van der Waals surface area contributed by atoms with Gasteiger partial charge in [0, 0.05) is 11.3 Å². The average Bonchev–Trinajstić information content (AvgIpc) is 3.18. The van der Waals surface area contributed by atoms with Gasteiger partial charge in [-0.1, -0.05) is 49.4 Å². The number of benzene rings is 3. The molecule has 0 radical (unpaired) electrons. The minimum Gasteiger partial charge on any atom is -0.507 e. The zero-order valence-corrected chi connectivity index (χ0v) is 20.4. The Kier molecular flexibility index (Phi) is 7.20. The fourth-order valence-corrected chi connectivity index (χ4v) is 4.28. The van der Waals surface area contributed by atoms with E-state index in [0.29, 0.717) is 22.6 Å². The quantitative estimate of drug-likeness (QED) is 0.218. The Labute approximate surface area is 209 Å². The minimum absolute atomic E-state index is 0.0426. The van der Waals surface area contributed by atoms with Crippen molar-refractivity contribution in [2.24, 2.45) is 0 Å². The molecule has 1 aliphatic heterocycles. The summed E-state index contributed by atoms with van der Waals surface area (Å²) in [5.74, 6) is -1.90. The van der Waals surface area contributed by atoms with Crippen LogP contribution in [0.5, 0.6) is 5.75 Å². The highest BCUT2D eigenvalue weighted by Crippen LogP contribution is 2.43. The van der Waals surface area contributed by atoms with Gasteiger partial charge in [0.15, 0.2) is 0 Å². The minimum atomic E-state index is -0.941. The Hall–Kier alpha value is -4.39. The summed E-state index contributed by atoms with van der Waals surface area (Å²) >= 11 is 0. The number of amides is 1. The summed E-state index contributed by atoms with van der Waals surface area (Å²) < 4.78 is 10.5. The maximum Gasteiger partial charge on any atom is 0.338 e. The number of hydrogen-bond donors (Lipinski definition) is 1. The van der Waals surface area contributed by atoms with E-state index in [1.807, 2.05) is 19.1 Å². The van der Waals surface area contributed by atoms with Gasteiger partial charge in [0.2, 0.25) is 0 Å². The van der Waals surface area contributed by atoms with Crippen LogP contribution in [0.1, 0.15) is 46.9 Å². The maximum absolute atomic E-state index is 13.4. The van der Waals surface area contributed by atoms with E-state index in [0.717, 1.165) is 12.0 Å². The second-order valence-electron chi connectivity index (χ2n) is 8.27. The van der Waals surface area contributed by atoms with Crippen LogP contribution < -0.4 is 9.64 Å². The van der Waals surface area contributed by atoms with E-state index < -0.39 is 23.7 Å². The number of aliphatic hydroxyl groups excluding tert-OH is 1. The molecule has 0 aromatic heterocycles. The van der Waals surface area contributed by atoms with Crippen molar-refractivity contribution in [1.29, 1.82) is 0 Å². The van der Waals surface area contributed by atoms with Crippen molar-refractivity contribution < 1.29 is 29.0 Å². The van der Waals surface area contributed by atoms with Crippen LogP contribution in [0.15, 0.2) is 78.4 Å². The van der Waals surface area contributed by atoms with Gasteiger partial charge in [-0.15, -0.1) is 0 Å². The van der Waals surface area contributed by atoms with Crippen molar-refractivity contribution >= 4 is 29.1 Å². The van der Waals surface area contributed by atoms with Crippen LogP contribution >= 0.6 is 0 Å². The van der Waals surface area contributed by atoms with Crippen LogP contribution in [0.3, 0.4) is 0 Å². The van der Waals surface area contributed by atoms with Crippen molar-refractivity contribution in [2.75, 3.05) is 18.6 Å². The third-order valence-electron chi connectivity index (χ3n) is 6.13. The molecule has 1 fully saturated rings. The molecule has 184 valence electrons. The molecule has 0 spiro atoms. The molecular formula is C29H27NO6. The average molecular weight is 486 g/mol. The first-order valence-electron chi connectivity index (χ1n) is 11.7. The molecule has 3 aromatic carbocycles. The molecule has 7 nitrogen and oxygen atoms in total. The third kappa shape index (κ3) is 4.60. The van der Waals surface area contributed by atoms with Crippen LogP contribution in [0.25, 0.3) is 5.76 Å². The fraction of sp³-hybridized carbons (Fsp3) is 0.207. The number of anilines is 1. The lowest BCUT2D eigenvalue weighted by molar-refractivity contribution is -0.132. The van der Waals surface area contributed by atoms with Gasteiger partial charge in [0.05, 0.1) is 30.9 Å². The highest BCUT2D eigenvalue weighted by molar-refractivity contribution is 6.51. The summed E-state index contributed by atoms with van der Waals surface area (Å²) in [6.45, 7) is 3.93. The van der Waals surface area contributed by atoms with E-state index in [9.17, 15) is 19.5 Å². The molecule has 1 N–H and O–H groups in total. The molecule has 1 atom stereocenters. The lowest BCUT2D eigenvalue weighted by Crippen LogP contribution is -2.29. The molecule has 1 saturated heterocycles. The lowest BCUT2D eigenvalue weighted by atomic mass is 9.94. The number of aryl methyl sites for hydroxylation is 1. The molecule has 3 aromatic rings. The molecule has 1 amide bonds. The van der Waals surface area contributed by atoms with Gasteiger partial charge in [-0.05, 0) is 54.8 Å². The maximum atomic E-state index is 13.4. The topological polar surface area (TPSA) is 93.1 Å². The predicted molar refractivity (Wildman–Crippen MR) is 136 cm³/mol. The fourth-order valence-electron chi connectivity index (χ4n) is 4.28. The highest BCUT2D eigenvalue weighted by atomic mass is 16.5. The normalized spacial score (nSPS) is 16.8. The van der Waals surface area contributed by atoms with Gasteiger partial charge >= 0.3 is 5.97 Å². The van der Waals surface area contributed by atoms with Gasteiger partial charge in [-0.2, -0.15) is 0 Å². The van der Waals surface area contributed by atoms with Crippen LogP contribution in [-0.2, 0) is 20.7 Å². The number of carbonyl (C=O) groups excluding carboxylic acids is 3. The molecule has 0 aliphatic carbocycles. The van der Waals surface area contributed by atoms with Crippen LogP contribution in [0, 0.1) is 0 Å². The van der Waals surface area contributed by atoms with E-state index in [-0.39, 0.29) is 23.5 Å². The first-order valence-corrected chi connectivity index (χ1v) is 11.7. The summed E-state index contributed by atoms with van der Waals surface area (Å²) in [6, 6.07) is 19.6.